The summed E-state index contributed by atoms with van der Waals surface area (Å²) in [6.45, 7) is 5.00. The van der Waals surface area contributed by atoms with Crippen molar-refractivity contribution in [2.45, 2.75) is 20.3 Å². The van der Waals surface area contributed by atoms with E-state index in [9.17, 15) is 4.79 Å². The highest BCUT2D eigenvalue weighted by Gasteiger charge is 2.01. The third-order valence-electron chi connectivity index (χ3n) is 2.66. The topological polar surface area (TPSA) is 40.5 Å². The van der Waals surface area contributed by atoms with Crippen LogP contribution in [-0.2, 0) is 11.2 Å². The van der Waals surface area contributed by atoms with Crippen LogP contribution in [0.3, 0.4) is 0 Å². The Morgan fingerprint density at radius 1 is 1.33 bits per heavy atom. The van der Waals surface area contributed by atoms with Crippen molar-refractivity contribution in [1.29, 1.82) is 0 Å². The molecule has 0 aliphatic rings. The van der Waals surface area contributed by atoms with E-state index in [1.807, 2.05) is 11.9 Å². The smallest absolute Gasteiger partial charge is 0.328 e. The van der Waals surface area contributed by atoms with Crippen LogP contribution in [0.25, 0.3) is 0 Å². The van der Waals surface area contributed by atoms with Gasteiger partial charge in [-0.1, -0.05) is 32.1 Å². The number of likely N-dealkylation sites (N-methyl/N-ethyl adjacent to an activating group) is 1. The van der Waals surface area contributed by atoms with Crippen molar-refractivity contribution >= 4 is 11.7 Å². The molecule has 0 spiro atoms. The number of aliphatic carboxylic acids is 1. The van der Waals surface area contributed by atoms with Gasteiger partial charge < -0.3 is 10.0 Å². The average Bonchev–Trinajstić information content (AvgIpc) is 2.28. The Kier molecular flexibility index (Phi) is 5.43. The van der Waals surface area contributed by atoms with Crippen molar-refractivity contribution in [3.63, 3.8) is 0 Å². The van der Waals surface area contributed by atoms with Gasteiger partial charge in [0.25, 0.3) is 0 Å². The Balaban J connectivity index is 2.58. The second-order valence-corrected chi connectivity index (χ2v) is 4.89. The molecule has 1 rings (SSSR count). The van der Waals surface area contributed by atoms with Gasteiger partial charge in [-0.25, -0.2) is 4.79 Å². The van der Waals surface area contributed by atoms with Gasteiger partial charge in [0, 0.05) is 25.4 Å². The molecule has 98 valence electrons. The summed E-state index contributed by atoms with van der Waals surface area (Å²) >= 11 is 0. The largest absolute Gasteiger partial charge is 0.478 e. The molecule has 0 amide bonds. The van der Waals surface area contributed by atoms with Crippen LogP contribution in [0.1, 0.15) is 19.4 Å². The standard InChI is InChI=1S/C15H21NO2/c1-12(2)11-13-6-8-14(9-7-13)16(3)10-4-5-15(17)18/h4-9,12H,10-11H2,1-3H3,(H,17,18)/b5-4+. The number of anilines is 1. The Morgan fingerprint density at radius 3 is 2.44 bits per heavy atom. The maximum Gasteiger partial charge on any atom is 0.328 e. The molecular formula is C15H21NO2. The maximum absolute atomic E-state index is 10.4. The first-order valence-corrected chi connectivity index (χ1v) is 6.18. The lowest BCUT2D eigenvalue weighted by Crippen LogP contribution is -2.16. The molecular weight excluding hydrogens is 226 g/mol. The summed E-state index contributed by atoms with van der Waals surface area (Å²) < 4.78 is 0. The highest BCUT2D eigenvalue weighted by molar-refractivity contribution is 5.79. The number of carboxylic acid groups (broad SMARTS) is 1. The molecule has 0 heterocycles. The van der Waals surface area contributed by atoms with Crippen molar-refractivity contribution in [3.8, 4) is 0 Å². The summed E-state index contributed by atoms with van der Waals surface area (Å²) in [6.07, 6.45) is 3.90. The molecule has 18 heavy (non-hydrogen) atoms. The van der Waals surface area contributed by atoms with Crippen molar-refractivity contribution in [2.75, 3.05) is 18.5 Å². The molecule has 0 bridgehead atoms. The predicted octanol–water partition coefficient (Wildman–Crippen LogP) is 2.96. The number of carboxylic acids is 1. The molecule has 1 aromatic rings. The molecule has 0 atom stereocenters. The highest BCUT2D eigenvalue weighted by atomic mass is 16.4. The minimum Gasteiger partial charge on any atom is -0.478 e. The molecule has 3 nitrogen and oxygen atoms in total. The lowest BCUT2D eigenvalue weighted by molar-refractivity contribution is -0.131. The molecule has 0 unspecified atom stereocenters. The van der Waals surface area contributed by atoms with E-state index in [1.165, 1.54) is 11.6 Å². The average molecular weight is 247 g/mol. The molecule has 1 aromatic carbocycles. The van der Waals surface area contributed by atoms with Gasteiger partial charge in [0.2, 0.25) is 0 Å². The van der Waals surface area contributed by atoms with Crippen molar-refractivity contribution in [1.82, 2.24) is 0 Å². The van der Waals surface area contributed by atoms with Crippen molar-refractivity contribution in [2.24, 2.45) is 5.92 Å². The predicted molar refractivity (Wildman–Crippen MR) is 75.0 cm³/mol. The maximum atomic E-state index is 10.4. The van der Waals surface area contributed by atoms with Gasteiger partial charge in [-0.05, 0) is 30.0 Å². The molecule has 0 radical (unpaired) electrons. The van der Waals surface area contributed by atoms with Gasteiger partial charge in [-0.2, -0.15) is 0 Å². The van der Waals surface area contributed by atoms with Crippen LogP contribution in [0.2, 0.25) is 0 Å². The van der Waals surface area contributed by atoms with E-state index in [4.69, 9.17) is 5.11 Å². The summed E-state index contributed by atoms with van der Waals surface area (Å²) in [5.41, 5.74) is 2.43. The van der Waals surface area contributed by atoms with Crippen LogP contribution < -0.4 is 4.90 Å². The van der Waals surface area contributed by atoms with Gasteiger partial charge in [0.05, 0.1) is 0 Å². The molecule has 0 aliphatic heterocycles. The number of hydrogen-bond acceptors (Lipinski definition) is 2. The second kappa shape index (κ2) is 6.84. The molecule has 3 heteroatoms. The van der Waals surface area contributed by atoms with Gasteiger partial charge in [-0.15, -0.1) is 0 Å². The summed E-state index contributed by atoms with van der Waals surface area (Å²) in [4.78, 5) is 12.4. The zero-order valence-corrected chi connectivity index (χ0v) is 11.3. The molecule has 0 saturated carbocycles. The molecule has 1 N–H and O–H groups in total. The minimum atomic E-state index is -0.907. The van der Waals surface area contributed by atoms with Crippen LogP contribution in [0, 0.1) is 5.92 Å². The van der Waals surface area contributed by atoms with Gasteiger partial charge in [0.1, 0.15) is 0 Å². The first-order valence-electron chi connectivity index (χ1n) is 6.18. The minimum absolute atomic E-state index is 0.593. The number of carbonyl (C=O) groups is 1. The summed E-state index contributed by atoms with van der Waals surface area (Å²) in [5.74, 6) is -0.247. The monoisotopic (exact) mass is 247 g/mol. The Bertz CT molecular complexity index is 407. The van der Waals surface area contributed by atoms with E-state index in [0.29, 0.717) is 12.5 Å². The van der Waals surface area contributed by atoms with Gasteiger partial charge in [0.15, 0.2) is 0 Å². The lowest BCUT2D eigenvalue weighted by atomic mass is 10.0. The van der Waals surface area contributed by atoms with Crippen LogP contribution in [0.4, 0.5) is 5.69 Å². The summed E-state index contributed by atoms with van der Waals surface area (Å²) in [6, 6.07) is 8.41. The van der Waals surface area contributed by atoms with Crippen molar-refractivity contribution in [3.05, 3.63) is 42.0 Å². The third-order valence-corrected chi connectivity index (χ3v) is 2.66. The van der Waals surface area contributed by atoms with E-state index >= 15 is 0 Å². The quantitative estimate of drug-likeness (QED) is 0.786. The Labute approximate surface area is 109 Å². The molecule has 0 fully saturated rings. The normalized spacial score (nSPS) is 11.1. The lowest BCUT2D eigenvalue weighted by Gasteiger charge is -2.17. The SMILES string of the molecule is CC(C)Cc1ccc(N(C)C/C=C/C(=O)O)cc1. The van der Waals surface area contributed by atoms with E-state index in [0.717, 1.165) is 12.1 Å². The van der Waals surface area contributed by atoms with E-state index < -0.39 is 5.97 Å². The highest BCUT2D eigenvalue weighted by Crippen LogP contribution is 2.15. The first kappa shape index (κ1) is 14.3. The van der Waals surface area contributed by atoms with Crippen LogP contribution in [-0.4, -0.2) is 24.7 Å². The third kappa shape index (κ3) is 5.04. The zero-order valence-electron chi connectivity index (χ0n) is 11.3. The number of rotatable bonds is 6. The molecule has 0 saturated heterocycles. The van der Waals surface area contributed by atoms with E-state index in [1.54, 1.807) is 6.08 Å². The summed E-state index contributed by atoms with van der Waals surface area (Å²) in [7, 11) is 1.95. The Morgan fingerprint density at radius 2 is 1.94 bits per heavy atom. The molecule has 0 aliphatic carbocycles. The second-order valence-electron chi connectivity index (χ2n) is 4.89. The fourth-order valence-electron chi connectivity index (χ4n) is 1.77. The van der Waals surface area contributed by atoms with Crippen LogP contribution >= 0.6 is 0 Å². The van der Waals surface area contributed by atoms with Crippen molar-refractivity contribution < 1.29 is 9.90 Å². The van der Waals surface area contributed by atoms with Crippen LogP contribution in [0.5, 0.6) is 0 Å². The first-order chi connectivity index (χ1) is 8.49. The fourth-order valence-corrected chi connectivity index (χ4v) is 1.77. The summed E-state index contributed by atoms with van der Waals surface area (Å²) in [5, 5.41) is 8.51. The van der Waals surface area contributed by atoms with E-state index in [2.05, 4.69) is 38.1 Å². The van der Waals surface area contributed by atoms with E-state index in [-0.39, 0.29) is 0 Å². The van der Waals surface area contributed by atoms with Gasteiger partial charge >= 0.3 is 5.97 Å². The number of nitrogens with zero attached hydrogens (tertiary/aromatic N) is 1. The van der Waals surface area contributed by atoms with Crippen LogP contribution in [0.15, 0.2) is 36.4 Å². The number of hydrogen-bond donors (Lipinski definition) is 1. The van der Waals surface area contributed by atoms with Gasteiger partial charge in [-0.3, -0.25) is 0 Å². The fraction of sp³-hybridized carbons (Fsp3) is 0.400. The number of benzene rings is 1. The Hall–Kier alpha value is -1.77. The molecule has 0 aromatic heterocycles. The zero-order chi connectivity index (χ0) is 13.5.